The molecule has 0 amide bonds. The molecule has 0 saturated carbocycles. The summed E-state index contributed by atoms with van der Waals surface area (Å²) < 4.78 is 31.4. The first kappa shape index (κ1) is 16.2. The molecule has 9 heteroatoms. The van der Waals surface area contributed by atoms with Gasteiger partial charge in [0.05, 0.1) is 16.6 Å². The molecule has 0 bridgehead atoms. The molecule has 1 atom stereocenters. The van der Waals surface area contributed by atoms with Gasteiger partial charge in [0.15, 0.2) is 0 Å². The van der Waals surface area contributed by atoms with Crippen LogP contribution in [0.4, 0.5) is 5.69 Å². The van der Waals surface area contributed by atoms with Gasteiger partial charge in [-0.15, -0.1) is 0 Å². The first-order valence-corrected chi connectivity index (χ1v) is 8.11. The van der Waals surface area contributed by atoms with Gasteiger partial charge in [-0.05, 0) is 18.4 Å². The highest BCUT2D eigenvalue weighted by Gasteiger charge is 2.34. The highest BCUT2D eigenvalue weighted by molar-refractivity contribution is 7.89. The minimum Gasteiger partial charge on any atom is -0.384 e. The molecular formula is C12H15ClN2O5S. The summed E-state index contributed by atoms with van der Waals surface area (Å²) in [5, 5.41) is 10.8. The summed E-state index contributed by atoms with van der Waals surface area (Å²) in [5.74, 6) is 0.127. The Morgan fingerprint density at radius 3 is 2.86 bits per heavy atom. The molecule has 1 aromatic carbocycles. The van der Waals surface area contributed by atoms with E-state index in [0.717, 1.165) is 6.07 Å². The van der Waals surface area contributed by atoms with Crippen molar-refractivity contribution in [2.45, 2.75) is 11.3 Å². The maximum atomic E-state index is 12.6. The second-order valence-electron chi connectivity index (χ2n) is 4.84. The number of halogens is 1. The number of hydrogen-bond acceptors (Lipinski definition) is 5. The summed E-state index contributed by atoms with van der Waals surface area (Å²) in [4.78, 5) is 9.92. The van der Waals surface area contributed by atoms with E-state index in [2.05, 4.69) is 0 Å². The molecule has 0 radical (unpaired) electrons. The summed E-state index contributed by atoms with van der Waals surface area (Å²) in [7, 11) is -2.27. The van der Waals surface area contributed by atoms with E-state index in [1.165, 1.54) is 16.4 Å². The topological polar surface area (TPSA) is 89.8 Å². The van der Waals surface area contributed by atoms with E-state index in [0.29, 0.717) is 26.1 Å². The van der Waals surface area contributed by atoms with E-state index < -0.39 is 14.9 Å². The van der Waals surface area contributed by atoms with E-state index in [1.54, 1.807) is 7.11 Å². The quantitative estimate of drug-likeness (QED) is 0.606. The van der Waals surface area contributed by atoms with Crippen molar-refractivity contribution < 1.29 is 18.1 Å². The fraction of sp³-hybridized carbons (Fsp3) is 0.500. The standard InChI is InChI=1S/C12H15ClN2O5S/c1-20-8-9-4-5-14(7-9)21(18,19)12-6-10(15(16)17)2-3-11(12)13/h2-3,6,9H,4-5,7-8H2,1H3. The van der Waals surface area contributed by atoms with E-state index in [4.69, 9.17) is 16.3 Å². The molecule has 116 valence electrons. The predicted molar refractivity (Wildman–Crippen MR) is 76.8 cm³/mol. The monoisotopic (exact) mass is 334 g/mol. The Bertz CT molecular complexity index is 649. The van der Waals surface area contributed by atoms with Gasteiger partial charge in [-0.25, -0.2) is 8.42 Å². The summed E-state index contributed by atoms with van der Waals surface area (Å²) in [6.07, 6.45) is 0.694. The van der Waals surface area contributed by atoms with Gasteiger partial charge >= 0.3 is 0 Å². The summed E-state index contributed by atoms with van der Waals surface area (Å²) in [5.41, 5.74) is -0.300. The zero-order chi connectivity index (χ0) is 15.6. The Morgan fingerprint density at radius 1 is 1.52 bits per heavy atom. The average Bonchev–Trinajstić information content (AvgIpc) is 2.88. The number of rotatable bonds is 5. The highest BCUT2D eigenvalue weighted by Crippen LogP contribution is 2.31. The Morgan fingerprint density at radius 2 is 2.24 bits per heavy atom. The van der Waals surface area contributed by atoms with Crippen LogP contribution in [-0.4, -0.2) is 44.5 Å². The van der Waals surface area contributed by atoms with Crippen LogP contribution in [0.1, 0.15) is 6.42 Å². The second kappa shape index (κ2) is 6.27. The Balaban J connectivity index is 2.32. The molecule has 0 aliphatic carbocycles. The number of nitro benzene ring substituents is 1. The second-order valence-corrected chi connectivity index (χ2v) is 7.16. The molecule has 1 saturated heterocycles. The molecule has 1 unspecified atom stereocenters. The van der Waals surface area contributed by atoms with Gasteiger partial charge in [-0.2, -0.15) is 4.31 Å². The number of sulfonamides is 1. The smallest absolute Gasteiger partial charge is 0.270 e. The van der Waals surface area contributed by atoms with E-state index in [9.17, 15) is 18.5 Å². The third-order valence-corrected chi connectivity index (χ3v) is 5.74. The lowest BCUT2D eigenvalue weighted by atomic mass is 10.1. The van der Waals surface area contributed by atoms with E-state index in [-0.39, 0.29) is 21.5 Å². The number of nitro groups is 1. The van der Waals surface area contributed by atoms with Crippen molar-refractivity contribution in [3.63, 3.8) is 0 Å². The van der Waals surface area contributed by atoms with Crippen molar-refractivity contribution >= 4 is 27.3 Å². The number of benzene rings is 1. The van der Waals surface area contributed by atoms with Crippen LogP contribution in [0.5, 0.6) is 0 Å². The van der Waals surface area contributed by atoms with Gasteiger partial charge < -0.3 is 4.74 Å². The van der Waals surface area contributed by atoms with E-state index in [1.807, 2.05) is 0 Å². The minimum absolute atomic E-state index is 0.0178. The van der Waals surface area contributed by atoms with E-state index >= 15 is 0 Å². The van der Waals surface area contributed by atoms with Crippen LogP contribution in [0.3, 0.4) is 0 Å². The van der Waals surface area contributed by atoms with Gasteiger partial charge in [0.25, 0.3) is 5.69 Å². The average molecular weight is 335 g/mol. The van der Waals surface area contributed by atoms with Crippen molar-refractivity contribution in [3.05, 3.63) is 33.3 Å². The molecule has 1 aromatic rings. The molecule has 2 rings (SSSR count). The highest BCUT2D eigenvalue weighted by atomic mass is 35.5. The third kappa shape index (κ3) is 3.34. The predicted octanol–water partition coefficient (Wildman–Crippen LogP) is 1.91. The summed E-state index contributed by atoms with van der Waals surface area (Å²) in [6, 6.07) is 3.41. The first-order chi connectivity index (χ1) is 9.86. The zero-order valence-electron chi connectivity index (χ0n) is 11.4. The van der Waals surface area contributed by atoms with Gasteiger partial charge in [0, 0.05) is 32.3 Å². The van der Waals surface area contributed by atoms with Gasteiger partial charge in [0.1, 0.15) is 4.90 Å². The fourth-order valence-corrected chi connectivity index (χ4v) is 4.35. The van der Waals surface area contributed by atoms with Gasteiger partial charge in [-0.3, -0.25) is 10.1 Å². The Kier molecular flexibility index (Phi) is 4.82. The van der Waals surface area contributed by atoms with Crippen LogP contribution in [0, 0.1) is 16.0 Å². The van der Waals surface area contributed by atoms with Crippen molar-refractivity contribution in [2.24, 2.45) is 5.92 Å². The lowest BCUT2D eigenvalue weighted by Crippen LogP contribution is -2.29. The first-order valence-electron chi connectivity index (χ1n) is 6.29. The van der Waals surface area contributed by atoms with Crippen molar-refractivity contribution in [1.29, 1.82) is 0 Å². The van der Waals surface area contributed by atoms with Crippen LogP contribution in [0.25, 0.3) is 0 Å². The Labute approximate surface area is 127 Å². The summed E-state index contributed by atoms with van der Waals surface area (Å²) >= 11 is 5.91. The number of methoxy groups -OCH3 is 1. The largest absolute Gasteiger partial charge is 0.384 e. The van der Waals surface area contributed by atoms with Gasteiger partial charge in [-0.1, -0.05) is 11.6 Å². The lowest BCUT2D eigenvalue weighted by molar-refractivity contribution is -0.385. The number of nitrogens with zero attached hydrogens (tertiary/aromatic N) is 2. The maximum Gasteiger partial charge on any atom is 0.270 e. The molecule has 0 aromatic heterocycles. The minimum atomic E-state index is -3.84. The number of hydrogen-bond donors (Lipinski definition) is 0. The van der Waals surface area contributed by atoms with Crippen LogP contribution in [0.2, 0.25) is 5.02 Å². The number of ether oxygens (including phenoxy) is 1. The van der Waals surface area contributed by atoms with Crippen LogP contribution >= 0.6 is 11.6 Å². The molecule has 21 heavy (non-hydrogen) atoms. The molecule has 1 fully saturated rings. The van der Waals surface area contributed by atoms with Crippen molar-refractivity contribution in [2.75, 3.05) is 26.8 Å². The lowest BCUT2D eigenvalue weighted by Gasteiger charge is -2.17. The van der Waals surface area contributed by atoms with Crippen LogP contribution in [0.15, 0.2) is 23.1 Å². The van der Waals surface area contributed by atoms with Crippen molar-refractivity contribution in [3.8, 4) is 0 Å². The third-order valence-electron chi connectivity index (χ3n) is 3.39. The maximum absolute atomic E-state index is 12.6. The van der Waals surface area contributed by atoms with Crippen molar-refractivity contribution in [1.82, 2.24) is 4.31 Å². The molecule has 1 aliphatic rings. The SMILES string of the molecule is COCC1CCN(S(=O)(=O)c2cc([N+](=O)[O-])ccc2Cl)C1. The zero-order valence-corrected chi connectivity index (χ0v) is 12.9. The summed E-state index contributed by atoms with van der Waals surface area (Å²) in [6.45, 7) is 1.17. The molecule has 1 heterocycles. The fourth-order valence-electron chi connectivity index (χ4n) is 2.33. The number of non-ortho nitro benzene ring substituents is 1. The molecular weight excluding hydrogens is 320 g/mol. The normalized spacial score (nSPS) is 19.8. The van der Waals surface area contributed by atoms with Crippen LogP contribution < -0.4 is 0 Å². The molecule has 0 N–H and O–H groups in total. The van der Waals surface area contributed by atoms with Crippen LogP contribution in [-0.2, 0) is 14.8 Å². The van der Waals surface area contributed by atoms with Gasteiger partial charge in [0.2, 0.25) is 10.0 Å². The molecule has 0 spiro atoms. The molecule has 1 aliphatic heterocycles. The Hall–Kier alpha value is -1.22. The molecule has 7 nitrogen and oxygen atoms in total.